The molecule has 1 N–H and O–H groups in total. The van der Waals surface area contributed by atoms with E-state index in [4.69, 9.17) is 0 Å². The smallest absolute Gasteiger partial charge is 0.120 e. The maximum atomic E-state index is 10.0. The van der Waals surface area contributed by atoms with Crippen LogP contribution < -0.4 is 0 Å². The van der Waals surface area contributed by atoms with E-state index in [2.05, 4.69) is 30.9 Å². The Balaban J connectivity index is 0.00000162. The summed E-state index contributed by atoms with van der Waals surface area (Å²) < 4.78 is 0. The number of benzene rings is 2. The number of rotatable bonds is 4. The van der Waals surface area contributed by atoms with E-state index in [1.807, 2.05) is 24.3 Å². The molecule has 0 bridgehead atoms. The van der Waals surface area contributed by atoms with Crippen molar-refractivity contribution >= 4 is 23.2 Å². The minimum atomic E-state index is 0. The Bertz CT molecular complexity index is 509. The van der Waals surface area contributed by atoms with Gasteiger partial charge < -0.3 is 5.11 Å². The first-order valence-electron chi connectivity index (χ1n) is 6.17. The number of nitrogens with zero attached hydrogens (tertiary/aromatic N) is 1. The molecule has 0 spiro atoms. The summed E-state index contributed by atoms with van der Waals surface area (Å²) in [4.78, 5) is 2.30. The van der Waals surface area contributed by atoms with Crippen LogP contribution in [0.1, 0.15) is 19.4 Å². The topological polar surface area (TPSA) is 23.5 Å². The zero-order chi connectivity index (χ0) is 12.3. The van der Waals surface area contributed by atoms with E-state index in [1.165, 1.54) is 5.39 Å². The van der Waals surface area contributed by atoms with E-state index in [1.54, 1.807) is 0 Å². The fraction of sp³-hybridized carbons (Fsp3) is 0.333. The SMILES string of the molecule is CCN(CC)Cc1cc2ccccc2cc1O.Cl. The summed E-state index contributed by atoms with van der Waals surface area (Å²) in [5, 5.41) is 12.3. The number of phenolic OH excluding ortho intramolecular Hbond substituents is 1. The van der Waals surface area contributed by atoms with Crippen LogP contribution in [0.15, 0.2) is 36.4 Å². The molecule has 0 aliphatic heterocycles. The van der Waals surface area contributed by atoms with Crippen molar-refractivity contribution < 1.29 is 5.11 Å². The van der Waals surface area contributed by atoms with E-state index in [0.717, 1.165) is 30.6 Å². The van der Waals surface area contributed by atoms with Crippen molar-refractivity contribution in [3.63, 3.8) is 0 Å². The minimum absolute atomic E-state index is 0. The highest BCUT2D eigenvalue weighted by Gasteiger charge is 2.07. The van der Waals surface area contributed by atoms with Crippen molar-refractivity contribution in [1.29, 1.82) is 0 Å². The lowest BCUT2D eigenvalue weighted by Crippen LogP contribution is -2.22. The van der Waals surface area contributed by atoms with Crippen molar-refractivity contribution in [2.75, 3.05) is 13.1 Å². The highest BCUT2D eigenvalue weighted by Crippen LogP contribution is 2.25. The third kappa shape index (κ3) is 3.15. The predicted molar refractivity (Wildman–Crippen MR) is 79.5 cm³/mol. The number of fused-ring (bicyclic) bond motifs is 1. The van der Waals surface area contributed by atoms with Gasteiger partial charge >= 0.3 is 0 Å². The van der Waals surface area contributed by atoms with E-state index in [0.29, 0.717) is 5.75 Å². The molecule has 18 heavy (non-hydrogen) atoms. The van der Waals surface area contributed by atoms with Gasteiger partial charge in [-0.2, -0.15) is 0 Å². The Labute approximate surface area is 115 Å². The van der Waals surface area contributed by atoms with Crippen LogP contribution >= 0.6 is 12.4 Å². The maximum absolute atomic E-state index is 10.0. The van der Waals surface area contributed by atoms with Crippen molar-refractivity contribution in [1.82, 2.24) is 4.90 Å². The molecule has 3 heteroatoms. The van der Waals surface area contributed by atoms with Gasteiger partial charge in [-0.1, -0.05) is 38.1 Å². The molecule has 2 aromatic carbocycles. The summed E-state index contributed by atoms with van der Waals surface area (Å²) in [6, 6.07) is 12.1. The average Bonchev–Trinajstić information content (AvgIpc) is 2.36. The highest BCUT2D eigenvalue weighted by atomic mass is 35.5. The van der Waals surface area contributed by atoms with Gasteiger partial charge in [0.25, 0.3) is 0 Å². The van der Waals surface area contributed by atoms with Crippen LogP contribution in [0, 0.1) is 0 Å². The average molecular weight is 266 g/mol. The monoisotopic (exact) mass is 265 g/mol. The third-order valence-electron chi connectivity index (χ3n) is 3.24. The summed E-state index contributed by atoms with van der Waals surface area (Å²) in [5.74, 6) is 0.399. The first-order valence-corrected chi connectivity index (χ1v) is 6.17. The molecular weight excluding hydrogens is 246 g/mol. The van der Waals surface area contributed by atoms with Gasteiger partial charge in [0.05, 0.1) is 0 Å². The summed E-state index contributed by atoms with van der Waals surface area (Å²) in [7, 11) is 0. The zero-order valence-corrected chi connectivity index (χ0v) is 11.7. The molecule has 98 valence electrons. The van der Waals surface area contributed by atoms with Crippen molar-refractivity contribution in [3.8, 4) is 5.75 Å². The van der Waals surface area contributed by atoms with Crippen LogP contribution in [0.2, 0.25) is 0 Å². The number of halogens is 1. The van der Waals surface area contributed by atoms with Crippen molar-refractivity contribution in [2.45, 2.75) is 20.4 Å². The molecule has 0 aliphatic rings. The first-order chi connectivity index (χ1) is 8.24. The molecule has 0 atom stereocenters. The Kier molecular flexibility index (Phi) is 5.45. The van der Waals surface area contributed by atoms with Gasteiger partial charge in [-0.3, -0.25) is 4.90 Å². The van der Waals surface area contributed by atoms with Crippen molar-refractivity contribution in [3.05, 3.63) is 42.0 Å². The lowest BCUT2D eigenvalue weighted by molar-refractivity contribution is 0.291. The Morgan fingerprint density at radius 3 is 2.11 bits per heavy atom. The Hall–Kier alpha value is -1.25. The van der Waals surface area contributed by atoms with Crippen molar-refractivity contribution in [2.24, 2.45) is 0 Å². The Morgan fingerprint density at radius 2 is 1.56 bits per heavy atom. The number of phenols is 1. The second kappa shape index (κ2) is 6.62. The molecule has 2 rings (SSSR count). The zero-order valence-electron chi connectivity index (χ0n) is 10.9. The van der Waals surface area contributed by atoms with Gasteiger partial charge in [-0.05, 0) is 36.0 Å². The lowest BCUT2D eigenvalue weighted by atomic mass is 10.1. The maximum Gasteiger partial charge on any atom is 0.120 e. The summed E-state index contributed by atoms with van der Waals surface area (Å²) in [6.45, 7) is 7.10. The van der Waals surface area contributed by atoms with E-state index < -0.39 is 0 Å². The van der Waals surface area contributed by atoms with E-state index >= 15 is 0 Å². The molecule has 0 fully saturated rings. The van der Waals surface area contributed by atoms with E-state index in [-0.39, 0.29) is 12.4 Å². The van der Waals surface area contributed by atoms with Crippen LogP contribution in [0.5, 0.6) is 5.75 Å². The van der Waals surface area contributed by atoms with Gasteiger partial charge in [0.2, 0.25) is 0 Å². The molecule has 0 radical (unpaired) electrons. The molecule has 0 saturated heterocycles. The lowest BCUT2D eigenvalue weighted by Gasteiger charge is -2.19. The molecular formula is C15H20ClNO. The highest BCUT2D eigenvalue weighted by molar-refractivity contribution is 5.85. The Morgan fingerprint density at radius 1 is 1.00 bits per heavy atom. The first kappa shape index (κ1) is 14.8. The van der Waals surface area contributed by atoms with Crippen LogP contribution in [0.4, 0.5) is 0 Å². The number of hydrogen-bond acceptors (Lipinski definition) is 2. The van der Waals surface area contributed by atoms with Gasteiger partial charge in [0.1, 0.15) is 5.75 Å². The molecule has 0 heterocycles. The van der Waals surface area contributed by atoms with Gasteiger partial charge in [0, 0.05) is 12.1 Å². The summed E-state index contributed by atoms with van der Waals surface area (Å²) >= 11 is 0. The molecule has 2 nitrogen and oxygen atoms in total. The second-order valence-electron chi connectivity index (χ2n) is 4.29. The minimum Gasteiger partial charge on any atom is -0.508 e. The predicted octanol–water partition coefficient (Wildman–Crippen LogP) is 3.81. The molecule has 0 saturated carbocycles. The largest absolute Gasteiger partial charge is 0.508 e. The number of aromatic hydroxyl groups is 1. The van der Waals surface area contributed by atoms with Crippen LogP contribution in [-0.2, 0) is 6.54 Å². The van der Waals surface area contributed by atoms with E-state index in [9.17, 15) is 5.11 Å². The quantitative estimate of drug-likeness (QED) is 0.909. The molecule has 0 amide bonds. The molecule has 0 aromatic heterocycles. The summed E-state index contributed by atoms with van der Waals surface area (Å²) in [6.07, 6.45) is 0. The fourth-order valence-electron chi connectivity index (χ4n) is 2.09. The third-order valence-corrected chi connectivity index (χ3v) is 3.24. The molecule has 0 aliphatic carbocycles. The van der Waals surface area contributed by atoms with Gasteiger partial charge in [-0.15, -0.1) is 12.4 Å². The van der Waals surface area contributed by atoms with Crippen LogP contribution in [-0.4, -0.2) is 23.1 Å². The van der Waals surface area contributed by atoms with Crippen LogP contribution in [0.3, 0.4) is 0 Å². The fourth-order valence-corrected chi connectivity index (χ4v) is 2.09. The standard InChI is InChI=1S/C15H19NO.ClH/c1-3-16(4-2)11-14-9-12-7-5-6-8-13(12)10-15(14)17;/h5-10,17H,3-4,11H2,1-2H3;1H. The number of hydrogen-bond donors (Lipinski definition) is 1. The van der Waals surface area contributed by atoms with Gasteiger partial charge in [-0.25, -0.2) is 0 Å². The van der Waals surface area contributed by atoms with Crippen LogP contribution in [0.25, 0.3) is 10.8 Å². The molecule has 0 unspecified atom stereocenters. The molecule has 2 aromatic rings. The summed E-state index contributed by atoms with van der Waals surface area (Å²) in [5.41, 5.74) is 1.01. The normalized spacial score (nSPS) is 10.6. The van der Waals surface area contributed by atoms with Gasteiger partial charge in [0.15, 0.2) is 0 Å². The second-order valence-corrected chi connectivity index (χ2v) is 4.29.